The smallest absolute Gasteiger partial charge is 0.277 e. The molecule has 0 atom stereocenters. The Bertz CT molecular complexity index is 579. The third-order valence-corrected chi connectivity index (χ3v) is 4.31. The molecule has 1 heterocycles. The van der Waals surface area contributed by atoms with Gasteiger partial charge in [-0.3, -0.25) is 5.41 Å². The second-order valence-electron chi connectivity index (χ2n) is 4.38. The summed E-state index contributed by atoms with van der Waals surface area (Å²) in [5, 5.41) is 10.7. The zero-order chi connectivity index (χ0) is 14.0. The predicted molar refractivity (Wildman–Crippen MR) is 74.8 cm³/mol. The van der Waals surface area contributed by atoms with E-state index in [9.17, 15) is 8.42 Å². The summed E-state index contributed by atoms with van der Waals surface area (Å²) in [5.74, 6) is 0. The van der Waals surface area contributed by atoms with E-state index in [4.69, 9.17) is 16.3 Å². The molecule has 0 spiro atoms. The molecule has 6 N–H and O–H groups in total. The number of nitrogens with zero attached hydrogens (tertiary/aromatic N) is 2. The Morgan fingerprint density at radius 2 is 1.84 bits per heavy atom. The molecular formula is C11H18N5O2S+. The summed E-state index contributed by atoms with van der Waals surface area (Å²) in [7, 11) is -3.61. The fraction of sp³-hybridized carbons (Fsp3) is 0.364. The number of nitrogens with two attached hydrogens (primary N) is 3. The molecule has 0 unspecified atom stereocenters. The van der Waals surface area contributed by atoms with Crippen molar-refractivity contribution in [2.45, 2.75) is 0 Å². The molecule has 1 aromatic carbocycles. The summed E-state index contributed by atoms with van der Waals surface area (Å²) in [4.78, 5) is 2.05. The summed E-state index contributed by atoms with van der Waals surface area (Å²) >= 11 is 0. The number of hydrogen-bond acceptors (Lipinski definition) is 4. The van der Waals surface area contributed by atoms with Crippen LogP contribution in [0.4, 0.5) is 11.4 Å². The van der Waals surface area contributed by atoms with Crippen molar-refractivity contribution in [1.82, 2.24) is 4.31 Å². The van der Waals surface area contributed by atoms with E-state index in [1.54, 1.807) is 6.07 Å². The van der Waals surface area contributed by atoms with Crippen LogP contribution in [-0.2, 0) is 10.2 Å². The quantitative estimate of drug-likeness (QED) is 0.430. The van der Waals surface area contributed by atoms with E-state index in [1.807, 2.05) is 12.1 Å². The fourth-order valence-electron chi connectivity index (χ4n) is 2.21. The Kier molecular flexibility index (Phi) is 3.74. The van der Waals surface area contributed by atoms with E-state index in [2.05, 4.69) is 4.90 Å². The first kappa shape index (κ1) is 13.8. The third-order valence-electron chi connectivity index (χ3n) is 3.22. The van der Waals surface area contributed by atoms with Gasteiger partial charge in [0.25, 0.3) is 10.2 Å². The summed E-state index contributed by atoms with van der Waals surface area (Å²) in [5.41, 5.74) is 8.16. The van der Waals surface area contributed by atoms with Crippen molar-refractivity contribution in [2.24, 2.45) is 5.14 Å². The molecule has 0 radical (unpaired) electrons. The van der Waals surface area contributed by atoms with Gasteiger partial charge >= 0.3 is 0 Å². The normalized spacial score (nSPS) is 17.4. The molecule has 2 rings (SSSR count). The Morgan fingerprint density at radius 1 is 1.21 bits per heavy atom. The van der Waals surface area contributed by atoms with Crippen LogP contribution in [0.2, 0.25) is 0 Å². The third kappa shape index (κ3) is 2.86. The summed E-state index contributed by atoms with van der Waals surface area (Å²) < 4.78 is 23.8. The second-order valence-corrected chi connectivity index (χ2v) is 5.92. The Labute approximate surface area is 112 Å². The standard InChI is InChI=1S/C11H17N5O2S/c12-8-9-10(13)2-1-3-11(9)15-4-6-16(7-5-15)19(14,17)18/h1-3,8,12H,4-7,13H2,(H2,14,17,18)/p+1. The van der Waals surface area contributed by atoms with Crippen LogP contribution >= 0.6 is 0 Å². The van der Waals surface area contributed by atoms with Crippen molar-refractivity contribution in [2.75, 3.05) is 36.8 Å². The first-order chi connectivity index (χ1) is 8.93. The molecule has 1 aromatic rings. The molecule has 8 heteroatoms. The maximum atomic E-state index is 11.2. The van der Waals surface area contributed by atoms with E-state index >= 15 is 0 Å². The van der Waals surface area contributed by atoms with Crippen LogP contribution in [0.5, 0.6) is 0 Å². The lowest BCUT2D eigenvalue weighted by Crippen LogP contribution is -2.51. The molecule has 0 amide bonds. The Hall–Kier alpha value is -1.64. The van der Waals surface area contributed by atoms with Gasteiger partial charge in [0.2, 0.25) is 0 Å². The molecule has 19 heavy (non-hydrogen) atoms. The van der Waals surface area contributed by atoms with E-state index in [0.29, 0.717) is 31.9 Å². The highest BCUT2D eigenvalue weighted by molar-refractivity contribution is 7.86. The van der Waals surface area contributed by atoms with Crippen molar-refractivity contribution in [1.29, 1.82) is 0 Å². The van der Waals surface area contributed by atoms with Gasteiger partial charge in [0.1, 0.15) is 0 Å². The number of rotatable bonds is 3. The number of hydrogen-bond donors (Lipinski definition) is 3. The summed E-state index contributed by atoms with van der Waals surface area (Å²) in [6, 6.07) is 5.55. The molecule has 1 fully saturated rings. The number of nitrogen functional groups attached to an aromatic ring is 1. The van der Waals surface area contributed by atoms with E-state index in [1.165, 1.54) is 10.5 Å². The maximum absolute atomic E-state index is 11.2. The molecule has 0 aromatic heterocycles. The van der Waals surface area contributed by atoms with Gasteiger partial charge in [-0.1, -0.05) is 6.07 Å². The minimum Gasteiger partial charge on any atom is -0.398 e. The number of piperazine rings is 1. The molecule has 1 aliphatic heterocycles. The van der Waals surface area contributed by atoms with Gasteiger partial charge in [-0.15, -0.1) is 0 Å². The highest BCUT2D eigenvalue weighted by Crippen LogP contribution is 2.24. The SMILES string of the molecule is Nc1cccc(N2CCN(S(N)(=O)=O)CC2)c1C=[NH2+]. The van der Waals surface area contributed by atoms with Gasteiger partial charge in [-0.25, -0.2) is 5.14 Å². The molecule has 104 valence electrons. The van der Waals surface area contributed by atoms with Crippen LogP contribution < -0.4 is 21.2 Å². The highest BCUT2D eigenvalue weighted by atomic mass is 32.2. The molecule has 1 aliphatic rings. The average molecular weight is 284 g/mol. The van der Waals surface area contributed by atoms with Crippen LogP contribution in [0.1, 0.15) is 5.56 Å². The predicted octanol–water partition coefficient (Wildman–Crippen LogP) is -2.23. The van der Waals surface area contributed by atoms with Crippen LogP contribution in [0.3, 0.4) is 0 Å². The van der Waals surface area contributed by atoms with Crippen molar-refractivity contribution in [3.63, 3.8) is 0 Å². The minimum atomic E-state index is -3.61. The lowest BCUT2D eigenvalue weighted by molar-refractivity contribution is -0.104. The molecule has 1 saturated heterocycles. The van der Waals surface area contributed by atoms with Crippen molar-refractivity contribution >= 4 is 27.8 Å². The largest absolute Gasteiger partial charge is 0.398 e. The number of anilines is 2. The van der Waals surface area contributed by atoms with E-state index in [-0.39, 0.29) is 0 Å². The molecule has 7 nitrogen and oxygen atoms in total. The molecule has 0 aliphatic carbocycles. The minimum absolute atomic E-state index is 0.359. The zero-order valence-electron chi connectivity index (χ0n) is 10.5. The summed E-state index contributed by atoms with van der Waals surface area (Å²) in [6.07, 6.45) is 1.47. The first-order valence-electron chi connectivity index (χ1n) is 5.89. The van der Waals surface area contributed by atoms with Crippen molar-refractivity contribution in [3.05, 3.63) is 23.8 Å². The highest BCUT2D eigenvalue weighted by Gasteiger charge is 2.25. The van der Waals surface area contributed by atoms with Gasteiger partial charge in [-0.2, -0.15) is 12.7 Å². The lowest BCUT2D eigenvalue weighted by Gasteiger charge is -2.35. The first-order valence-corrected chi connectivity index (χ1v) is 7.40. The maximum Gasteiger partial charge on any atom is 0.277 e. The van der Waals surface area contributed by atoms with E-state index in [0.717, 1.165) is 11.3 Å². The van der Waals surface area contributed by atoms with E-state index < -0.39 is 10.2 Å². The van der Waals surface area contributed by atoms with Gasteiger partial charge in [0.05, 0.1) is 11.3 Å². The van der Waals surface area contributed by atoms with Crippen LogP contribution in [-0.4, -0.2) is 45.1 Å². The van der Waals surface area contributed by atoms with Gasteiger partial charge in [-0.05, 0) is 12.1 Å². The summed E-state index contributed by atoms with van der Waals surface area (Å²) in [6.45, 7) is 1.83. The zero-order valence-corrected chi connectivity index (χ0v) is 11.3. The fourth-order valence-corrected chi connectivity index (χ4v) is 2.88. The number of benzene rings is 1. The average Bonchev–Trinajstić information content (AvgIpc) is 2.37. The van der Waals surface area contributed by atoms with Crippen LogP contribution in [0, 0.1) is 0 Å². The van der Waals surface area contributed by atoms with Gasteiger partial charge in [0.15, 0.2) is 6.21 Å². The van der Waals surface area contributed by atoms with Crippen molar-refractivity contribution in [3.8, 4) is 0 Å². The Balaban J connectivity index is 2.19. The lowest BCUT2D eigenvalue weighted by atomic mass is 10.1. The molecule has 0 saturated carbocycles. The Morgan fingerprint density at radius 3 is 2.37 bits per heavy atom. The monoisotopic (exact) mass is 284 g/mol. The van der Waals surface area contributed by atoms with Crippen molar-refractivity contribution < 1.29 is 13.8 Å². The van der Waals surface area contributed by atoms with Gasteiger partial charge < -0.3 is 10.6 Å². The molecule has 0 bridgehead atoms. The van der Waals surface area contributed by atoms with Crippen LogP contribution in [0.15, 0.2) is 18.2 Å². The topological polar surface area (TPSA) is 118 Å². The second kappa shape index (κ2) is 5.16. The van der Waals surface area contributed by atoms with Crippen LogP contribution in [0.25, 0.3) is 0 Å². The van der Waals surface area contributed by atoms with Gasteiger partial charge in [0, 0.05) is 31.9 Å². The molecular weight excluding hydrogens is 266 g/mol.